The number of hydrogen-bond acceptors (Lipinski definition) is 4. The van der Waals surface area contributed by atoms with Crippen molar-refractivity contribution in [3.05, 3.63) is 28.7 Å². The number of hydrogen-bond donors (Lipinski definition) is 2. The van der Waals surface area contributed by atoms with Crippen molar-refractivity contribution >= 4 is 44.1 Å². The van der Waals surface area contributed by atoms with Gasteiger partial charge in [-0.25, -0.2) is 8.42 Å². The number of sulfone groups is 1. The Morgan fingerprint density at radius 3 is 2.27 bits per heavy atom. The second-order valence-electron chi connectivity index (χ2n) is 5.52. The van der Waals surface area contributed by atoms with E-state index in [1.807, 2.05) is 6.92 Å². The number of carbonyl (C=O) groups is 1. The summed E-state index contributed by atoms with van der Waals surface area (Å²) in [5.74, 6) is -0.425. The van der Waals surface area contributed by atoms with Crippen LogP contribution in [0.1, 0.15) is 20.8 Å². The molecule has 126 valence electrons. The van der Waals surface area contributed by atoms with Crippen LogP contribution in [0.5, 0.6) is 0 Å². The summed E-state index contributed by atoms with van der Waals surface area (Å²) in [6.45, 7) is 5.49. The summed E-state index contributed by atoms with van der Waals surface area (Å²) in [5.41, 5.74) is 5.48. The Morgan fingerprint density at radius 2 is 1.82 bits per heavy atom. The number of amides is 1. The molecule has 1 amide bonds. The van der Waals surface area contributed by atoms with E-state index in [-0.39, 0.29) is 23.2 Å². The van der Waals surface area contributed by atoms with Crippen molar-refractivity contribution in [2.75, 3.05) is 13.1 Å². The molecule has 0 heterocycles. The van der Waals surface area contributed by atoms with Gasteiger partial charge in [0.1, 0.15) is 4.75 Å². The highest BCUT2D eigenvalue weighted by Gasteiger charge is 2.42. The van der Waals surface area contributed by atoms with Gasteiger partial charge in [-0.1, -0.05) is 22.9 Å². The molecule has 1 aromatic carbocycles. The lowest BCUT2D eigenvalue weighted by atomic mass is 10.1. The topological polar surface area (TPSA) is 89.3 Å². The van der Waals surface area contributed by atoms with Crippen LogP contribution >= 0.6 is 28.3 Å². The Balaban J connectivity index is 0.00000441. The molecule has 22 heavy (non-hydrogen) atoms. The summed E-state index contributed by atoms with van der Waals surface area (Å²) in [7, 11) is -3.77. The Kier molecular flexibility index (Phi) is 8.05. The Bertz CT molecular complexity index is 603. The maximum atomic E-state index is 12.6. The third-order valence-corrected chi connectivity index (χ3v) is 6.31. The lowest BCUT2D eigenvalue weighted by Gasteiger charge is -2.24. The predicted molar refractivity (Wildman–Crippen MR) is 93.9 cm³/mol. The van der Waals surface area contributed by atoms with E-state index in [0.29, 0.717) is 13.1 Å². The van der Waals surface area contributed by atoms with E-state index in [9.17, 15) is 13.2 Å². The van der Waals surface area contributed by atoms with E-state index in [0.717, 1.165) is 4.47 Å². The van der Waals surface area contributed by atoms with Gasteiger partial charge in [-0.05, 0) is 50.6 Å². The largest absolute Gasteiger partial charge is 0.354 e. The molecule has 0 aliphatic carbocycles. The lowest BCUT2D eigenvalue weighted by Crippen LogP contribution is -2.49. The molecule has 0 spiro atoms. The van der Waals surface area contributed by atoms with Crippen LogP contribution < -0.4 is 11.1 Å². The quantitative estimate of drug-likeness (QED) is 0.747. The van der Waals surface area contributed by atoms with Crippen molar-refractivity contribution in [3.63, 3.8) is 0 Å². The minimum Gasteiger partial charge on any atom is -0.354 e. The lowest BCUT2D eigenvalue weighted by molar-refractivity contribution is -0.123. The van der Waals surface area contributed by atoms with Gasteiger partial charge in [-0.15, -0.1) is 12.4 Å². The molecule has 0 saturated heterocycles. The van der Waals surface area contributed by atoms with E-state index >= 15 is 0 Å². The Hall–Kier alpha value is -0.630. The molecule has 0 bridgehead atoms. The summed E-state index contributed by atoms with van der Waals surface area (Å²) in [6, 6.07) is 6.24. The number of halogens is 2. The van der Waals surface area contributed by atoms with E-state index in [2.05, 4.69) is 21.2 Å². The Morgan fingerprint density at radius 1 is 1.32 bits per heavy atom. The van der Waals surface area contributed by atoms with Crippen LogP contribution in [-0.2, 0) is 14.6 Å². The van der Waals surface area contributed by atoms with Gasteiger partial charge in [0, 0.05) is 11.0 Å². The van der Waals surface area contributed by atoms with Gasteiger partial charge in [-0.2, -0.15) is 0 Å². The van der Waals surface area contributed by atoms with Crippen LogP contribution in [0.15, 0.2) is 33.6 Å². The van der Waals surface area contributed by atoms with Gasteiger partial charge in [0.25, 0.3) is 0 Å². The van der Waals surface area contributed by atoms with Crippen LogP contribution in [0.25, 0.3) is 0 Å². The molecule has 0 radical (unpaired) electrons. The minimum atomic E-state index is -3.77. The molecule has 5 nitrogen and oxygen atoms in total. The maximum absolute atomic E-state index is 12.6. The number of benzene rings is 1. The average Bonchev–Trinajstić information content (AvgIpc) is 2.44. The minimum absolute atomic E-state index is 0. The predicted octanol–water partition coefficient (Wildman–Crippen LogP) is 2.13. The van der Waals surface area contributed by atoms with Gasteiger partial charge in [0.05, 0.1) is 4.90 Å². The zero-order chi connectivity index (χ0) is 16.3. The van der Waals surface area contributed by atoms with E-state index in [1.54, 1.807) is 12.1 Å². The van der Waals surface area contributed by atoms with Crippen molar-refractivity contribution in [1.82, 2.24) is 5.32 Å². The first-order chi connectivity index (χ1) is 9.62. The second kappa shape index (κ2) is 8.29. The SMILES string of the molecule is CC(CN)CNC(=O)C(C)(C)S(=O)(=O)c1ccc(Br)cc1.Cl. The molecule has 3 N–H and O–H groups in total. The van der Waals surface area contributed by atoms with Gasteiger partial charge < -0.3 is 11.1 Å². The summed E-state index contributed by atoms with van der Waals surface area (Å²) in [4.78, 5) is 12.4. The summed E-state index contributed by atoms with van der Waals surface area (Å²) in [5, 5.41) is 2.65. The normalized spacial score (nSPS) is 13.1. The number of carbonyl (C=O) groups excluding carboxylic acids is 1. The van der Waals surface area contributed by atoms with Gasteiger partial charge >= 0.3 is 0 Å². The fourth-order valence-corrected chi connectivity index (χ4v) is 3.26. The first-order valence-electron chi connectivity index (χ1n) is 6.61. The maximum Gasteiger partial charge on any atom is 0.241 e. The van der Waals surface area contributed by atoms with Gasteiger partial charge in [-0.3, -0.25) is 4.79 Å². The van der Waals surface area contributed by atoms with E-state index in [4.69, 9.17) is 5.73 Å². The van der Waals surface area contributed by atoms with Crippen LogP contribution in [0, 0.1) is 5.92 Å². The first-order valence-corrected chi connectivity index (χ1v) is 8.89. The molecule has 1 atom stereocenters. The van der Waals surface area contributed by atoms with Gasteiger partial charge in [0.15, 0.2) is 9.84 Å². The van der Waals surface area contributed by atoms with Crippen LogP contribution in [0.2, 0.25) is 0 Å². The van der Waals surface area contributed by atoms with E-state index < -0.39 is 20.5 Å². The molecule has 0 aliphatic rings. The molecule has 1 aromatic rings. The standard InChI is InChI=1S/C14H21BrN2O3S.ClH/c1-10(8-16)9-17-13(18)14(2,3)21(19,20)12-6-4-11(15)5-7-12;/h4-7,10H,8-9,16H2,1-3H3,(H,17,18);1H. The van der Waals surface area contributed by atoms with Crippen molar-refractivity contribution in [2.24, 2.45) is 11.7 Å². The summed E-state index contributed by atoms with van der Waals surface area (Å²) in [6.07, 6.45) is 0. The zero-order valence-electron chi connectivity index (χ0n) is 12.8. The molecule has 0 fully saturated rings. The second-order valence-corrected chi connectivity index (χ2v) is 8.93. The molecular formula is C14H22BrClN2O3S. The zero-order valence-corrected chi connectivity index (χ0v) is 16.0. The van der Waals surface area contributed by atoms with Crippen molar-refractivity contribution in [2.45, 2.75) is 30.4 Å². The third kappa shape index (κ3) is 4.68. The molecular weight excluding hydrogens is 392 g/mol. The summed E-state index contributed by atoms with van der Waals surface area (Å²) < 4.78 is 24.5. The molecule has 1 unspecified atom stereocenters. The Labute approximate surface area is 146 Å². The van der Waals surface area contributed by atoms with Crippen molar-refractivity contribution in [1.29, 1.82) is 0 Å². The van der Waals surface area contributed by atoms with Crippen molar-refractivity contribution in [3.8, 4) is 0 Å². The molecule has 0 saturated carbocycles. The highest BCUT2D eigenvalue weighted by Crippen LogP contribution is 2.26. The van der Waals surface area contributed by atoms with Crippen LogP contribution in [-0.4, -0.2) is 32.2 Å². The molecule has 8 heteroatoms. The average molecular weight is 414 g/mol. The van der Waals surface area contributed by atoms with Crippen molar-refractivity contribution < 1.29 is 13.2 Å². The van der Waals surface area contributed by atoms with Gasteiger partial charge in [0.2, 0.25) is 5.91 Å². The number of rotatable bonds is 6. The number of nitrogens with two attached hydrogens (primary N) is 1. The number of nitrogens with one attached hydrogen (secondary N) is 1. The van der Waals surface area contributed by atoms with Crippen LogP contribution in [0.4, 0.5) is 0 Å². The van der Waals surface area contributed by atoms with Crippen LogP contribution in [0.3, 0.4) is 0 Å². The fourth-order valence-electron chi connectivity index (χ4n) is 1.59. The molecule has 0 aromatic heterocycles. The highest BCUT2D eigenvalue weighted by molar-refractivity contribution is 9.10. The highest BCUT2D eigenvalue weighted by atomic mass is 79.9. The molecule has 1 rings (SSSR count). The van der Waals surface area contributed by atoms with E-state index in [1.165, 1.54) is 26.0 Å². The smallest absolute Gasteiger partial charge is 0.241 e. The fraction of sp³-hybridized carbons (Fsp3) is 0.500. The molecule has 0 aliphatic heterocycles. The monoisotopic (exact) mass is 412 g/mol. The third-order valence-electron chi connectivity index (χ3n) is 3.36. The first kappa shape index (κ1) is 21.4. The summed E-state index contributed by atoms with van der Waals surface area (Å²) >= 11 is 3.25.